The van der Waals surface area contributed by atoms with E-state index in [2.05, 4.69) is 17.2 Å². The summed E-state index contributed by atoms with van der Waals surface area (Å²) in [6.07, 6.45) is 1.78. The molecule has 0 saturated heterocycles. The lowest BCUT2D eigenvalue weighted by atomic mass is 10.0. The number of rotatable bonds is 8. The third-order valence-electron chi connectivity index (χ3n) is 3.76. The van der Waals surface area contributed by atoms with Crippen LogP contribution in [0.2, 0.25) is 0 Å². The molecule has 0 heterocycles. The van der Waals surface area contributed by atoms with Gasteiger partial charge in [0.15, 0.2) is 0 Å². The Bertz CT molecular complexity index is 826. The first-order chi connectivity index (χ1) is 12.6. The number of nitrogens with one attached hydrogen (secondary N) is 2. The maximum absolute atomic E-state index is 12.3. The smallest absolute Gasteiger partial charge is 0.407 e. The lowest BCUT2D eigenvalue weighted by Gasteiger charge is -2.18. The molecule has 0 saturated carbocycles. The number of ether oxygens (including phenoxy) is 1. The normalized spacial score (nSPS) is 11.2. The zero-order chi connectivity index (χ0) is 18.8. The van der Waals surface area contributed by atoms with Gasteiger partial charge in [-0.2, -0.15) is 5.26 Å². The second-order valence-electron chi connectivity index (χ2n) is 5.67. The topological polar surface area (TPSA) is 91.2 Å². The van der Waals surface area contributed by atoms with E-state index in [0.29, 0.717) is 12.8 Å². The minimum Gasteiger partial charge on any atom is -0.449 e. The van der Waals surface area contributed by atoms with Crippen LogP contribution in [0.1, 0.15) is 12.0 Å². The van der Waals surface area contributed by atoms with Crippen LogP contribution in [-0.4, -0.2) is 31.2 Å². The standard InChI is InChI=1S/C20H21N3O3/c1-2-3-12-26-20(25)23-18(19(24)22-11-10-21)14-15-8-9-16-6-4-5-7-17(16)13-15/h2,4-9,13,18H,1,3,11-12,14H2,(H,22,24)(H,23,25). The van der Waals surface area contributed by atoms with Gasteiger partial charge in [-0.3, -0.25) is 4.79 Å². The summed E-state index contributed by atoms with van der Waals surface area (Å²) in [5.41, 5.74) is 0.896. The van der Waals surface area contributed by atoms with Gasteiger partial charge in [0.2, 0.25) is 5.91 Å². The maximum atomic E-state index is 12.3. The van der Waals surface area contributed by atoms with Gasteiger partial charge in [0, 0.05) is 6.42 Å². The van der Waals surface area contributed by atoms with Crippen molar-refractivity contribution in [3.63, 3.8) is 0 Å². The van der Waals surface area contributed by atoms with Crippen LogP contribution in [0.3, 0.4) is 0 Å². The van der Waals surface area contributed by atoms with E-state index >= 15 is 0 Å². The molecular formula is C20H21N3O3. The third kappa shape index (κ3) is 5.64. The van der Waals surface area contributed by atoms with Crippen LogP contribution in [-0.2, 0) is 16.0 Å². The predicted octanol–water partition coefficient (Wildman–Crippen LogP) is 2.69. The summed E-state index contributed by atoms with van der Waals surface area (Å²) in [6, 6.07) is 14.8. The summed E-state index contributed by atoms with van der Waals surface area (Å²) in [4.78, 5) is 24.2. The molecule has 26 heavy (non-hydrogen) atoms. The Labute approximate surface area is 152 Å². The SMILES string of the molecule is C=CCCOC(=O)NC(Cc1ccc2ccccc2c1)C(=O)NCC#N. The highest BCUT2D eigenvalue weighted by atomic mass is 16.5. The molecule has 134 valence electrons. The number of amides is 2. The van der Waals surface area contributed by atoms with Gasteiger partial charge in [0.25, 0.3) is 0 Å². The van der Waals surface area contributed by atoms with Crippen molar-refractivity contribution in [3.05, 3.63) is 60.7 Å². The van der Waals surface area contributed by atoms with Crippen LogP contribution in [0, 0.1) is 11.3 Å². The van der Waals surface area contributed by atoms with Crippen LogP contribution >= 0.6 is 0 Å². The summed E-state index contributed by atoms with van der Waals surface area (Å²) in [5.74, 6) is -0.430. The molecule has 2 aromatic carbocycles. The molecule has 0 radical (unpaired) electrons. The average molecular weight is 351 g/mol. The number of benzene rings is 2. The number of alkyl carbamates (subject to hydrolysis) is 1. The highest BCUT2D eigenvalue weighted by Crippen LogP contribution is 2.16. The van der Waals surface area contributed by atoms with Crippen LogP contribution < -0.4 is 10.6 Å². The number of hydrogen-bond donors (Lipinski definition) is 2. The molecule has 6 nitrogen and oxygen atoms in total. The summed E-state index contributed by atoms with van der Waals surface area (Å²) in [6.45, 7) is 3.62. The Morgan fingerprint density at radius 3 is 2.73 bits per heavy atom. The van der Waals surface area contributed by atoms with Gasteiger partial charge in [-0.1, -0.05) is 48.5 Å². The predicted molar refractivity (Wildman–Crippen MR) is 99.4 cm³/mol. The van der Waals surface area contributed by atoms with Crippen molar-refractivity contribution in [2.75, 3.05) is 13.2 Å². The van der Waals surface area contributed by atoms with E-state index in [1.807, 2.05) is 48.5 Å². The van der Waals surface area contributed by atoms with Crippen molar-refractivity contribution >= 4 is 22.8 Å². The van der Waals surface area contributed by atoms with Gasteiger partial charge >= 0.3 is 6.09 Å². The van der Waals surface area contributed by atoms with Crippen LogP contribution in [0.5, 0.6) is 0 Å². The van der Waals surface area contributed by atoms with Gasteiger partial charge in [0.1, 0.15) is 12.6 Å². The Hall–Kier alpha value is -3.33. The summed E-state index contributed by atoms with van der Waals surface area (Å²) >= 11 is 0. The Morgan fingerprint density at radius 1 is 1.23 bits per heavy atom. The average Bonchev–Trinajstić information content (AvgIpc) is 2.65. The zero-order valence-electron chi connectivity index (χ0n) is 14.4. The molecule has 0 bridgehead atoms. The van der Waals surface area contributed by atoms with Crippen molar-refractivity contribution < 1.29 is 14.3 Å². The summed E-state index contributed by atoms with van der Waals surface area (Å²) in [7, 11) is 0. The Morgan fingerprint density at radius 2 is 2.00 bits per heavy atom. The van der Waals surface area contributed by atoms with E-state index in [-0.39, 0.29) is 13.2 Å². The fraction of sp³-hybridized carbons (Fsp3) is 0.250. The lowest BCUT2D eigenvalue weighted by Crippen LogP contribution is -2.48. The molecule has 1 unspecified atom stereocenters. The molecule has 6 heteroatoms. The maximum Gasteiger partial charge on any atom is 0.407 e. The lowest BCUT2D eigenvalue weighted by molar-refractivity contribution is -0.122. The molecular weight excluding hydrogens is 330 g/mol. The third-order valence-corrected chi connectivity index (χ3v) is 3.76. The van der Waals surface area contributed by atoms with Crippen molar-refractivity contribution in [2.24, 2.45) is 0 Å². The van der Waals surface area contributed by atoms with Crippen LogP contribution in [0.15, 0.2) is 55.1 Å². The molecule has 0 fully saturated rings. The van der Waals surface area contributed by atoms with Gasteiger partial charge in [-0.15, -0.1) is 6.58 Å². The molecule has 0 aliphatic carbocycles. The van der Waals surface area contributed by atoms with Crippen LogP contribution in [0.4, 0.5) is 4.79 Å². The van der Waals surface area contributed by atoms with E-state index < -0.39 is 18.0 Å². The highest BCUT2D eigenvalue weighted by molar-refractivity contribution is 5.87. The number of carbonyl (C=O) groups is 2. The van der Waals surface area contributed by atoms with E-state index in [1.165, 1.54) is 0 Å². The van der Waals surface area contributed by atoms with Crippen molar-refractivity contribution in [1.29, 1.82) is 5.26 Å². The minimum atomic E-state index is -0.833. The molecule has 2 rings (SSSR count). The first-order valence-corrected chi connectivity index (χ1v) is 8.30. The Balaban J connectivity index is 2.10. The fourth-order valence-corrected chi connectivity index (χ4v) is 2.48. The summed E-state index contributed by atoms with van der Waals surface area (Å²) in [5, 5.41) is 15.8. The fourth-order valence-electron chi connectivity index (χ4n) is 2.48. The molecule has 0 aliphatic heterocycles. The molecule has 0 aliphatic rings. The van der Waals surface area contributed by atoms with E-state index in [1.54, 1.807) is 6.08 Å². The molecule has 1 atom stereocenters. The number of carbonyl (C=O) groups excluding carboxylic acids is 2. The van der Waals surface area contributed by atoms with Gasteiger partial charge in [-0.25, -0.2) is 4.79 Å². The van der Waals surface area contributed by atoms with E-state index in [0.717, 1.165) is 16.3 Å². The van der Waals surface area contributed by atoms with Gasteiger partial charge < -0.3 is 15.4 Å². The van der Waals surface area contributed by atoms with E-state index in [9.17, 15) is 9.59 Å². The van der Waals surface area contributed by atoms with Gasteiger partial charge in [0.05, 0.1) is 12.7 Å². The molecule has 2 N–H and O–H groups in total. The van der Waals surface area contributed by atoms with Crippen molar-refractivity contribution in [3.8, 4) is 6.07 Å². The summed E-state index contributed by atoms with van der Waals surface area (Å²) < 4.78 is 5.01. The second-order valence-corrected chi connectivity index (χ2v) is 5.67. The van der Waals surface area contributed by atoms with Gasteiger partial charge in [-0.05, 0) is 22.8 Å². The number of fused-ring (bicyclic) bond motifs is 1. The number of nitrogens with zero attached hydrogens (tertiary/aromatic N) is 1. The second kappa shape index (κ2) is 9.84. The first kappa shape index (κ1) is 19.0. The van der Waals surface area contributed by atoms with Crippen molar-refractivity contribution in [2.45, 2.75) is 18.9 Å². The number of nitriles is 1. The minimum absolute atomic E-state index is 0.125. The molecule has 2 aromatic rings. The van der Waals surface area contributed by atoms with Crippen LogP contribution in [0.25, 0.3) is 10.8 Å². The van der Waals surface area contributed by atoms with E-state index in [4.69, 9.17) is 10.00 Å². The van der Waals surface area contributed by atoms with Crippen molar-refractivity contribution in [1.82, 2.24) is 10.6 Å². The first-order valence-electron chi connectivity index (χ1n) is 8.30. The number of hydrogen-bond acceptors (Lipinski definition) is 4. The molecule has 2 amide bonds. The zero-order valence-corrected chi connectivity index (χ0v) is 14.4. The highest BCUT2D eigenvalue weighted by Gasteiger charge is 2.21. The monoisotopic (exact) mass is 351 g/mol. The quantitative estimate of drug-likeness (QED) is 0.434. The molecule has 0 spiro atoms. The molecule has 0 aromatic heterocycles. The Kier molecular flexibility index (Phi) is 7.19. The largest absolute Gasteiger partial charge is 0.449 e.